The van der Waals surface area contributed by atoms with Crippen LogP contribution in [0.4, 0.5) is 0 Å². The Kier molecular flexibility index (Phi) is 6.44. The first-order valence-corrected chi connectivity index (χ1v) is 13.9. The molecule has 4 aliphatic rings. The zero-order valence-electron chi connectivity index (χ0n) is 21.5. The van der Waals surface area contributed by atoms with Gasteiger partial charge < -0.3 is 14.8 Å². The summed E-state index contributed by atoms with van der Waals surface area (Å²) in [4.78, 5) is 23.0. The van der Waals surface area contributed by atoms with E-state index in [1.165, 1.54) is 54.9 Å². The zero-order chi connectivity index (χ0) is 23.9. The van der Waals surface area contributed by atoms with Crippen molar-refractivity contribution in [2.24, 2.45) is 5.92 Å². The predicted molar refractivity (Wildman–Crippen MR) is 138 cm³/mol. The van der Waals surface area contributed by atoms with Gasteiger partial charge in [0, 0.05) is 50.1 Å². The van der Waals surface area contributed by atoms with Gasteiger partial charge in [-0.25, -0.2) is 4.98 Å². The van der Waals surface area contributed by atoms with Gasteiger partial charge >= 0.3 is 0 Å². The number of likely N-dealkylation sites (N-methyl/N-ethyl adjacent to an activating group) is 1. The van der Waals surface area contributed by atoms with E-state index in [1.54, 1.807) is 0 Å². The predicted octanol–water partition coefficient (Wildman–Crippen LogP) is 4.40. The minimum absolute atomic E-state index is 0.111. The fourth-order valence-corrected chi connectivity index (χ4v) is 7.20. The van der Waals surface area contributed by atoms with Gasteiger partial charge in [-0.15, -0.1) is 0 Å². The van der Waals surface area contributed by atoms with Crippen LogP contribution in [0.1, 0.15) is 86.2 Å². The zero-order valence-corrected chi connectivity index (χ0v) is 21.5. The van der Waals surface area contributed by atoms with E-state index in [9.17, 15) is 4.79 Å². The van der Waals surface area contributed by atoms with Crippen molar-refractivity contribution >= 4 is 5.91 Å². The van der Waals surface area contributed by atoms with E-state index in [1.807, 2.05) is 0 Å². The Morgan fingerprint density at radius 3 is 2.51 bits per heavy atom. The van der Waals surface area contributed by atoms with Crippen LogP contribution in [0.2, 0.25) is 0 Å². The molecular weight excluding hydrogens is 434 g/mol. The molecule has 6 nitrogen and oxygen atoms in total. The van der Waals surface area contributed by atoms with Gasteiger partial charge in [0.2, 0.25) is 5.91 Å². The van der Waals surface area contributed by atoms with Gasteiger partial charge in [-0.1, -0.05) is 36.8 Å². The van der Waals surface area contributed by atoms with Crippen LogP contribution < -0.4 is 5.32 Å². The summed E-state index contributed by atoms with van der Waals surface area (Å²) in [6.07, 6.45) is 10.5. The molecular formula is C29H41N5O. The van der Waals surface area contributed by atoms with Gasteiger partial charge in [-0.3, -0.25) is 9.69 Å². The van der Waals surface area contributed by atoms with Crippen molar-refractivity contribution in [3.8, 4) is 0 Å². The normalized spacial score (nSPS) is 27.9. The van der Waals surface area contributed by atoms with Crippen molar-refractivity contribution in [1.82, 2.24) is 24.7 Å². The molecule has 6 rings (SSSR count). The number of nitrogens with one attached hydrogen (secondary N) is 1. The minimum Gasteiger partial charge on any atom is -0.349 e. The number of nitrogens with zero attached hydrogens (tertiary/aromatic N) is 4. The fraction of sp³-hybridized carbons (Fsp3) is 0.655. The molecule has 3 fully saturated rings. The van der Waals surface area contributed by atoms with Crippen molar-refractivity contribution in [3.05, 3.63) is 53.1 Å². The molecule has 2 aromatic rings. The van der Waals surface area contributed by atoms with Gasteiger partial charge in [0.25, 0.3) is 0 Å². The van der Waals surface area contributed by atoms with Crippen LogP contribution in [0.15, 0.2) is 30.3 Å². The highest BCUT2D eigenvalue weighted by atomic mass is 16.2. The van der Waals surface area contributed by atoms with Crippen molar-refractivity contribution < 1.29 is 4.79 Å². The summed E-state index contributed by atoms with van der Waals surface area (Å²) < 4.78 is 2.61. The van der Waals surface area contributed by atoms with Crippen LogP contribution in [-0.4, -0.2) is 57.5 Å². The Labute approximate surface area is 210 Å². The molecule has 1 amide bonds. The van der Waals surface area contributed by atoms with Crippen LogP contribution in [0.25, 0.3) is 0 Å². The highest BCUT2D eigenvalue weighted by Gasteiger charge is 2.42. The lowest BCUT2D eigenvalue weighted by molar-refractivity contribution is -0.128. The van der Waals surface area contributed by atoms with Crippen LogP contribution in [-0.2, 0) is 17.8 Å². The van der Waals surface area contributed by atoms with E-state index in [0.29, 0.717) is 18.1 Å². The van der Waals surface area contributed by atoms with Crippen molar-refractivity contribution in [2.75, 3.05) is 20.1 Å². The van der Waals surface area contributed by atoms with Crippen molar-refractivity contribution in [3.63, 3.8) is 0 Å². The van der Waals surface area contributed by atoms with E-state index in [4.69, 9.17) is 4.98 Å². The Morgan fingerprint density at radius 2 is 1.83 bits per heavy atom. The average Bonchev–Trinajstić information content (AvgIpc) is 3.26. The lowest BCUT2D eigenvalue weighted by Crippen LogP contribution is -2.45. The topological polar surface area (TPSA) is 53.4 Å². The number of fused-ring (bicyclic) bond motifs is 3. The Balaban J connectivity index is 1.14. The number of benzene rings is 1. The largest absolute Gasteiger partial charge is 0.349 e. The Morgan fingerprint density at radius 1 is 1.09 bits per heavy atom. The summed E-state index contributed by atoms with van der Waals surface area (Å²) in [6.45, 7) is 5.43. The number of amides is 1. The second kappa shape index (κ2) is 9.70. The second-order valence-corrected chi connectivity index (χ2v) is 11.5. The summed E-state index contributed by atoms with van der Waals surface area (Å²) in [5.74, 6) is 1.71. The molecule has 1 aliphatic carbocycles. The number of carbonyl (C=O) groups is 1. The summed E-state index contributed by atoms with van der Waals surface area (Å²) in [5.41, 5.74) is 4.05. The van der Waals surface area contributed by atoms with Crippen LogP contribution in [0, 0.1) is 12.8 Å². The third-order valence-electron chi connectivity index (χ3n) is 9.31. The first-order chi connectivity index (χ1) is 17.1. The maximum Gasteiger partial charge on any atom is 0.223 e. The van der Waals surface area contributed by atoms with Crippen LogP contribution in [0.3, 0.4) is 0 Å². The first-order valence-electron chi connectivity index (χ1n) is 13.9. The molecule has 188 valence electrons. The molecule has 0 spiro atoms. The lowest BCUT2D eigenvalue weighted by atomic mass is 9.84. The van der Waals surface area contributed by atoms with Crippen molar-refractivity contribution in [2.45, 2.75) is 95.4 Å². The maximum atomic E-state index is 12.8. The van der Waals surface area contributed by atoms with Gasteiger partial charge in [-0.2, -0.15) is 0 Å². The van der Waals surface area contributed by atoms with E-state index in [-0.39, 0.29) is 17.9 Å². The van der Waals surface area contributed by atoms with Gasteiger partial charge in [0.05, 0.1) is 17.4 Å². The SMILES string of the molecule is Cc1nc2c(n1C1C[C@H]3CC[C@@H](C1)N3CC[C@H](NC(=O)C1CCC1)c1ccccc1)CN(C)CC2. The number of piperidine rings is 1. The van der Waals surface area contributed by atoms with E-state index < -0.39 is 0 Å². The smallest absolute Gasteiger partial charge is 0.223 e. The number of hydrogen-bond donors (Lipinski definition) is 1. The molecule has 6 heteroatoms. The van der Waals surface area contributed by atoms with E-state index >= 15 is 0 Å². The lowest BCUT2D eigenvalue weighted by Gasteiger charge is -2.41. The first kappa shape index (κ1) is 23.2. The molecule has 0 radical (unpaired) electrons. The third kappa shape index (κ3) is 4.55. The molecule has 2 saturated heterocycles. The summed E-state index contributed by atoms with van der Waals surface area (Å²) in [5, 5.41) is 3.42. The number of aromatic nitrogens is 2. The molecule has 35 heavy (non-hydrogen) atoms. The monoisotopic (exact) mass is 475 g/mol. The summed E-state index contributed by atoms with van der Waals surface area (Å²) in [7, 11) is 2.23. The number of imidazole rings is 1. The van der Waals surface area contributed by atoms with Crippen LogP contribution in [0.5, 0.6) is 0 Å². The molecule has 1 saturated carbocycles. The highest BCUT2D eigenvalue weighted by molar-refractivity contribution is 5.79. The molecule has 4 heterocycles. The maximum absolute atomic E-state index is 12.8. The van der Waals surface area contributed by atoms with E-state index in [2.05, 4.69) is 64.0 Å². The van der Waals surface area contributed by atoms with Gasteiger partial charge in [-0.05, 0) is 64.5 Å². The Bertz CT molecular complexity index is 1030. The summed E-state index contributed by atoms with van der Waals surface area (Å²) in [6, 6.07) is 12.6. The quantitative estimate of drug-likeness (QED) is 0.645. The molecule has 1 aromatic heterocycles. The molecule has 4 atom stereocenters. The van der Waals surface area contributed by atoms with Crippen molar-refractivity contribution in [1.29, 1.82) is 0 Å². The summed E-state index contributed by atoms with van der Waals surface area (Å²) >= 11 is 0. The molecule has 3 aliphatic heterocycles. The second-order valence-electron chi connectivity index (χ2n) is 11.5. The standard InChI is InChI=1S/C29H41N5O/c1-20-30-27-13-15-32(2)19-28(27)34(20)25-17-23-11-12-24(18-25)33(23)16-14-26(21-7-4-3-5-8-21)31-29(35)22-9-6-10-22/h3-5,7-8,22-26H,6,9-19H2,1-2H3,(H,31,35)/t23-,24+,25?,26-/m0/s1. The van der Waals surface area contributed by atoms with Gasteiger partial charge in [0.1, 0.15) is 5.82 Å². The minimum atomic E-state index is 0.111. The average molecular weight is 476 g/mol. The molecule has 1 N–H and O–H groups in total. The number of hydrogen-bond acceptors (Lipinski definition) is 4. The Hall–Kier alpha value is -2.18. The number of carbonyl (C=O) groups excluding carboxylic acids is 1. The van der Waals surface area contributed by atoms with Gasteiger partial charge in [0.15, 0.2) is 0 Å². The highest BCUT2D eigenvalue weighted by Crippen LogP contribution is 2.43. The molecule has 1 aromatic carbocycles. The van der Waals surface area contributed by atoms with E-state index in [0.717, 1.165) is 45.3 Å². The molecule has 1 unspecified atom stereocenters. The third-order valence-corrected chi connectivity index (χ3v) is 9.31. The number of aryl methyl sites for hydroxylation is 1. The molecule has 2 bridgehead atoms. The number of rotatable bonds is 7. The fourth-order valence-electron chi connectivity index (χ4n) is 7.20. The van der Waals surface area contributed by atoms with Crippen LogP contribution >= 0.6 is 0 Å².